The summed E-state index contributed by atoms with van der Waals surface area (Å²) in [6, 6.07) is 1.77. The number of aryl methyl sites for hydroxylation is 1. The molecule has 0 spiro atoms. The molecule has 0 saturated heterocycles. The molecule has 0 aliphatic rings. The summed E-state index contributed by atoms with van der Waals surface area (Å²) >= 11 is 2.98. The van der Waals surface area contributed by atoms with E-state index in [0.717, 1.165) is 12.1 Å². The summed E-state index contributed by atoms with van der Waals surface area (Å²) in [7, 11) is 0. The van der Waals surface area contributed by atoms with Crippen LogP contribution in [0.4, 0.5) is 13.2 Å². The van der Waals surface area contributed by atoms with Crippen LogP contribution in [0, 0.1) is 6.92 Å². The lowest BCUT2D eigenvalue weighted by Crippen LogP contribution is -2.13. The van der Waals surface area contributed by atoms with Gasteiger partial charge in [-0.15, -0.1) is 0 Å². The number of alkyl halides is 3. The highest BCUT2D eigenvalue weighted by atomic mass is 79.9. The molecule has 0 unspecified atom stereocenters. The Morgan fingerprint density at radius 2 is 1.93 bits per heavy atom. The van der Waals surface area contributed by atoms with Gasteiger partial charge in [0.1, 0.15) is 0 Å². The second-order valence-electron chi connectivity index (χ2n) is 2.95. The molecular formula is C9H6BrF3O2. The van der Waals surface area contributed by atoms with Crippen molar-refractivity contribution in [2.45, 2.75) is 13.1 Å². The van der Waals surface area contributed by atoms with Gasteiger partial charge in [-0.1, -0.05) is 15.9 Å². The molecule has 0 atom stereocenters. The van der Waals surface area contributed by atoms with Crippen molar-refractivity contribution in [3.05, 3.63) is 33.3 Å². The minimum Gasteiger partial charge on any atom is -0.478 e. The molecule has 6 heteroatoms. The zero-order chi connectivity index (χ0) is 11.8. The van der Waals surface area contributed by atoms with Crippen LogP contribution in [0.5, 0.6) is 0 Å². The van der Waals surface area contributed by atoms with Gasteiger partial charge in [0.2, 0.25) is 0 Å². The lowest BCUT2D eigenvalue weighted by atomic mass is 10.0. The molecule has 1 rings (SSSR count). The third kappa shape index (κ3) is 2.50. The SMILES string of the molecule is Cc1cc(C(F)(F)F)c(C(=O)O)cc1Br. The molecule has 0 heterocycles. The van der Waals surface area contributed by atoms with Crippen molar-refractivity contribution in [2.75, 3.05) is 0 Å². The van der Waals surface area contributed by atoms with Crippen LogP contribution >= 0.6 is 15.9 Å². The average molecular weight is 283 g/mol. The molecule has 0 amide bonds. The highest BCUT2D eigenvalue weighted by molar-refractivity contribution is 9.10. The van der Waals surface area contributed by atoms with Crippen LogP contribution in [-0.2, 0) is 6.18 Å². The number of carboxylic acids is 1. The molecule has 0 aliphatic heterocycles. The zero-order valence-corrected chi connectivity index (χ0v) is 9.11. The van der Waals surface area contributed by atoms with E-state index >= 15 is 0 Å². The van der Waals surface area contributed by atoms with E-state index in [0.29, 0.717) is 10.0 Å². The Labute approximate surface area is 91.8 Å². The first kappa shape index (κ1) is 12.0. The van der Waals surface area contributed by atoms with Crippen LogP contribution < -0.4 is 0 Å². The molecule has 0 aliphatic carbocycles. The number of rotatable bonds is 1. The lowest BCUT2D eigenvalue weighted by molar-refractivity contribution is -0.138. The van der Waals surface area contributed by atoms with Crippen molar-refractivity contribution in [1.82, 2.24) is 0 Å². The van der Waals surface area contributed by atoms with Crippen LogP contribution in [0.2, 0.25) is 0 Å². The topological polar surface area (TPSA) is 37.3 Å². The van der Waals surface area contributed by atoms with Gasteiger partial charge in [-0.2, -0.15) is 13.2 Å². The first-order valence-corrected chi connectivity index (χ1v) is 4.63. The van der Waals surface area contributed by atoms with Crippen LogP contribution in [0.1, 0.15) is 21.5 Å². The maximum atomic E-state index is 12.4. The number of carboxylic acid groups (broad SMARTS) is 1. The van der Waals surface area contributed by atoms with Crippen molar-refractivity contribution in [2.24, 2.45) is 0 Å². The van der Waals surface area contributed by atoms with Crippen LogP contribution in [0.15, 0.2) is 16.6 Å². The molecule has 1 aromatic carbocycles. The summed E-state index contributed by atoms with van der Waals surface area (Å²) in [6.07, 6.45) is -4.65. The lowest BCUT2D eigenvalue weighted by Gasteiger charge is -2.12. The largest absolute Gasteiger partial charge is 0.478 e. The molecule has 0 radical (unpaired) electrons. The van der Waals surface area contributed by atoms with Gasteiger partial charge in [0.05, 0.1) is 11.1 Å². The van der Waals surface area contributed by atoms with Crippen LogP contribution in [0.25, 0.3) is 0 Å². The number of aromatic carboxylic acids is 1. The first-order chi connectivity index (χ1) is 6.73. The van der Waals surface area contributed by atoms with Gasteiger partial charge < -0.3 is 5.11 Å². The van der Waals surface area contributed by atoms with Crippen molar-refractivity contribution in [3.8, 4) is 0 Å². The number of halogens is 4. The van der Waals surface area contributed by atoms with E-state index in [1.165, 1.54) is 6.92 Å². The third-order valence-corrected chi connectivity index (χ3v) is 2.69. The molecular weight excluding hydrogens is 277 g/mol. The summed E-state index contributed by atoms with van der Waals surface area (Å²) in [5.74, 6) is -1.59. The molecule has 0 aromatic heterocycles. The number of hydrogen-bond acceptors (Lipinski definition) is 1. The van der Waals surface area contributed by atoms with Crippen molar-refractivity contribution >= 4 is 21.9 Å². The highest BCUT2D eigenvalue weighted by Gasteiger charge is 2.35. The van der Waals surface area contributed by atoms with Gasteiger partial charge in [0, 0.05) is 4.47 Å². The quantitative estimate of drug-likeness (QED) is 0.856. The van der Waals surface area contributed by atoms with Gasteiger partial charge in [-0.3, -0.25) is 0 Å². The molecule has 1 aromatic rings. The smallest absolute Gasteiger partial charge is 0.417 e. The van der Waals surface area contributed by atoms with Crippen LogP contribution in [0.3, 0.4) is 0 Å². The number of benzene rings is 1. The summed E-state index contributed by atoms with van der Waals surface area (Å²) in [6.45, 7) is 1.46. The van der Waals surface area contributed by atoms with E-state index in [1.807, 2.05) is 0 Å². The van der Waals surface area contributed by atoms with Crippen molar-refractivity contribution in [1.29, 1.82) is 0 Å². The van der Waals surface area contributed by atoms with E-state index in [-0.39, 0.29) is 0 Å². The van der Waals surface area contributed by atoms with E-state index in [1.54, 1.807) is 0 Å². The molecule has 0 bridgehead atoms. The van der Waals surface area contributed by atoms with E-state index in [9.17, 15) is 18.0 Å². The Hall–Kier alpha value is -1.04. The second kappa shape index (κ2) is 3.84. The molecule has 1 N–H and O–H groups in total. The van der Waals surface area contributed by atoms with Crippen LogP contribution in [-0.4, -0.2) is 11.1 Å². The normalized spacial score (nSPS) is 11.5. The van der Waals surface area contributed by atoms with Crippen molar-refractivity contribution in [3.63, 3.8) is 0 Å². The minimum absolute atomic E-state index is 0.340. The van der Waals surface area contributed by atoms with Crippen molar-refractivity contribution < 1.29 is 23.1 Å². The molecule has 2 nitrogen and oxygen atoms in total. The molecule has 0 fully saturated rings. The van der Waals surface area contributed by atoms with E-state index < -0.39 is 23.3 Å². The van der Waals surface area contributed by atoms with Gasteiger partial charge in [0.25, 0.3) is 0 Å². The Morgan fingerprint density at radius 1 is 1.40 bits per heavy atom. The number of carbonyl (C=O) groups is 1. The standard InChI is InChI=1S/C9H6BrF3O2/c1-4-2-6(9(11,12)13)5(8(14)15)3-7(4)10/h2-3H,1H3,(H,14,15). The van der Waals surface area contributed by atoms with Gasteiger partial charge in [0.15, 0.2) is 0 Å². The Morgan fingerprint density at radius 3 is 2.33 bits per heavy atom. The average Bonchev–Trinajstić information content (AvgIpc) is 2.06. The van der Waals surface area contributed by atoms with E-state index in [2.05, 4.69) is 15.9 Å². The summed E-state index contributed by atoms with van der Waals surface area (Å²) in [5, 5.41) is 8.62. The summed E-state index contributed by atoms with van der Waals surface area (Å²) < 4.78 is 37.7. The monoisotopic (exact) mass is 282 g/mol. The highest BCUT2D eigenvalue weighted by Crippen LogP contribution is 2.34. The van der Waals surface area contributed by atoms with Gasteiger partial charge in [-0.05, 0) is 24.6 Å². The minimum atomic E-state index is -4.65. The Kier molecular flexibility index (Phi) is 3.08. The van der Waals surface area contributed by atoms with Gasteiger partial charge >= 0.3 is 12.1 Å². The fourth-order valence-electron chi connectivity index (χ4n) is 1.09. The van der Waals surface area contributed by atoms with E-state index in [4.69, 9.17) is 5.11 Å². The summed E-state index contributed by atoms with van der Waals surface area (Å²) in [4.78, 5) is 10.6. The predicted molar refractivity (Wildman–Crippen MR) is 50.8 cm³/mol. The first-order valence-electron chi connectivity index (χ1n) is 3.84. The Balaban J connectivity index is 3.49. The Bertz CT molecular complexity index is 413. The fourth-order valence-corrected chi connectivity index (χ4v) is 1.44. The predicted octanol–water partition coefficient (Wildman–Crippen LogP) is 3.47. The molecule has 0 saturated carbocycles. The molecule has 15 heavy (non-hydrogen) atoms. The number of hydrogen-bond donors (Lipinski definition) is 1. The fraction of sp³-hybridized carbons (Fsp3) is 0.222. The third-order valence-electron chi connectivity index (χ3n) is 1.83. The maximum Gasteiger partial charge on any atom is 0.417 e. The molecule has 82 valence electrons. The summed E-state index contributed by atoms with van der Waals surface area (Å²) in [5.41, 5.74) is -1.54. The second-order valence-corrected chi connectivity index (χ2v) is 3.80. The van der Waals surface area contributed by atoms with Gasteiger partial charge in [-0.25, -0.2) is 4.79 Å². The maximum absolute atomic E-state index is 12.4. The zero-order valence-electron chi connectivity index (χ0n) is 7.52.